The molecule has 19 heteroatoms. The minimum Gasteiger partial charge on any atom is -0.462 e. The summed E-state index contributed by atoms with van der Waals surface area (Å²) in [4.78, 5) is 72.5. The minimum atomic E-state index is -4.95. The van der Waals surface area contributed by atoms with E-state index in [0.717, 1.165) is 114 Å². The Hall–Kier alpha value is -1.94. The molecule has 0 aliphatic carbocycles. The van der Waals surface area contributed by atoms with Crippen molar-refractivity contribution in [3.8, 4) is 0 Å². The summed E-state index contributed by atoms with van der Waals surface area (Å²) in [6.45, 7) is 14.0. The Morgan fingerprint density at radius 2 is 0.539 bits per heavy atom. The van der Waals surface area contributed by atoms with Crippen LogP contribution in [-0.2, 0) is 65.4 Å². The Morgan fingerprint density at radius 1 is 0.315 bits per heavy atom. The van der Waals surface area contributed by atoms with Crippen molar-refractivity contribution in [1.29, 1.82) is 0 Å². The molecule has 17 nitrogen and oxygen atoms in total. The van der Waals surface area contributed by atoms with Gasteiger partial charge < -0.3 is 33.8 Å². The van der Waals surface area contributed by atoms with Crippen LogP contribution in [0.5, 0.6) is 0 Å². The quantitative estimate of drug-likeness (QED) is 0.0222. The van der Waals surface area contributed by atoms with Gasteiger partial charge in [0.15, 0.2) is 12.2 Å². The summed E-state index contributed by atoms with van der Waals surface area (Å²) in [5.41, 5.74) is 0. The first-order valence-corrected chi connectivity index (χ1v) is 39.3. The summed E-state index contributed by atoms with van der Waals surface area (Å²) >= 11 is 0. The first-order valence-electron chi connectivity index (χ1n) is 36.3. The molecule has 89 heavy (non-hydrogen) atoms. The summed E-state index contributed by atoms with van der Waals surface area (Å²) in [5, 5.41) is 10.6. The average Bonchev–Trinajstić information content (AvgIpc) is 3.68. The lowest BCUT2D eigenvalue weighted by Gasteiger charge is -2.21. The highest BCUT2D eigenvalue weighted by Gasteiger charge is 2.30. The van der Waals surface area contributed by atoms with Crippen LogP contribution in [0.15, 0.2) is 0 Å². The Labute approximate surface area is 543 Å². The molecule has 0 heterocycles. The van der Waals surface area contributed by atoms with Crippen molar-refractivity contribution in [3.63, 3.8) is 0 Å². The van der Waals surface area contributed by atoms with E-state index in [9.17, 15) is 43.2 Å². The molecule has 0 saturated heterocycles. The van der Waals surface area contributed by atoms with Crippen LogP contribution in [0.25, 0.3) is 0 Å². The van der Waals surface area contributed by atoms with Crippen molar-refractivity contribution in [2.75, 3.05) is 39.6 Å². The fourth-order valence-corrected chi connectivity index (χ4v) is 12.0. The van der Waals surface area contributed by atoms with Crippen molar-refractivity contribution >= 4 is 39.5 Å². The third-order valence-corrected chi connectivity index (χ3v) is 18.7. The lowest BCUT2D eigenvalue weighted by molar-refractivity contribution is -0.161. The first-order chi connectivity index (χ1) is 42.7. The number of ether oxygens (including phenoxy) is 4. The molecule has 0 bridgehead atoms. The molecule has 0 radical (unpaired) electrons. The van der Waals surface area contributed by atoms with Gasteiger partial charge in [-0.25, -0.2) is 9.13 Å². The largest absolute Gasteiger partial charge is 0.472 e. The summed E-state index contributed by atoms with van der Waals surface area (Å²) < 4.78 is 68.2. The van der Waals surface area contributed by atoms with Gasteiger partial charge in [-0.15, -0.1) is 0 Å². The first kappa shape index (κ1) is 87.1. The second kappa shape index (κ2) is 59.8. The number of carbonyl (C=O) groups is 4. The lowest BCUT2D eigenvalue weighted by Crippen LogP contribution is -2.30. The fourth-order valence-electron chi connectivity index (χ4n) is 10.4. The lowest BCUT2D eigenvalue weighted by atomic mass is 9.99. The average molecular weight is 1310 g/mol. The van der Waals surface area contributed by atoms with Crippen LogP contribution in [0.4, 0.5) is 0 Å². The molecule has 0 aliphatic heterocycles. The second-order valence-electron chi connectivity index (χ2n) is 26.7. The smallest absolute Gasteiger partial charge is 0.462 e. The van der Waals surface area contributed by atoms with Gasteiger partial charge in [0.25, 0.3) is 0 Å². The number of carbonyl (C=O) groups excluding carboxylic acids is 4. The van der Waals surface area contributed by atoms with Crippen LogP contribution in [0, 0.1) is 23.7 Å². The van der Waals surface area contributed by atoms with E-state index in [1.165, 1.54) is 141 Å². The van der Waals surface area contributed by atoms with E-state index < -0.39 is 97.5 Å². The van der Waals surface area contributed by atoms with E-state index in [0.29, 0.717) is 31.6 Å². The zero-order valence-corrected chi connectivity index (χ0v) is 59.8. The Morgan fingerprint density at radius 3 is 0.798 bits per heavy atom. The number of unbranched alkanes of at least 4 members (excludes halogenated alkanes) is 31. The van der Waals surface area contributed by atoms with Gasteiger partial charge in [-0.1, -0.05) is 293 Å². The maximum Gasteiger partial charge on any atom is 0.472 e. The highest BCUT2D eigenvalue weighted by atomic mass is 31.2. The summed E-state index contributed by atoms with van der Waals surface area (Å²) in [5.74, 6) is 0.840. The van der Waals surface area contributed by atoms with Crippen molar-refractivity contribution < 1.29 is 80.2 Å². The van der Waals surface area contributed by atoms with Gasteiger partial charge in [0.2, 0.25) is 0 Å². The SMILES string of the molecule is CCC(C)CCCCCCCCCCC(=O)O[C@H](COC(=O)CCCCCCCCC(C)CC)COP(=O)(O)OC[C@H](O)COP(=O)(O)OC[C@@H](COC(=O)CCCCCCCCCCCCCCCCCC(C)C)OC(=O)CCCCCCCCC(C)C. The molecule has 0 aromatic carbocycles. The van der Waals surface area contributed by atoms with Crippen LogP contribution in [-0.4, -0.2) is 96.7 Å². The fraction of sp³-hybridized carbons (Fsp3) is 0.943. The predicted molar refractivity (Wildman–Crippen MR) is 358 cm³/mol. The topological polar surface area (TPSA) is 237 Å². The van der Waals surface area contributed by atoms with Gasteiger partial charge in [0, 0.05) is 25.7 Å². The predicted octanol–water partition coefficient (Wildman–Crippen LogP) is 19.7. The van der Waals surface area contributed by atoms with Crippen LogP contribution in [0.1, 0.15) is 344 Å². The normalized spacial score (nSPS) is 14.9. The zero-order chi connectivity index (χ0) is 66.1. The molecule has 4 unspecified atom stereocenters. The Kier molecular flexibility index (Phi) is 58.5. The highest BCUT2D eigenvalue weighted by molar-refractivity contribution is 7.47. The minimum absolute atomic E-state index is 0.102. The number of aliphatic hydroxyl groups excluding tert-OH is 1. The monoisotopic (exact) mass is 1310 g/mol. The molecule has 0 rings (SSSR count). The van der Waals surface area contributed by atoms with Gasteiger partial charge in [-0.2, -0.15) is 0 Å². The third kappa shape index (κ3) is 62.0. The van der Waals surface area contributed by atoms with E-state index in [1.54, 1.807) is 0 Å². The van der Waals surface area contributed by atoms with Gasteiger partial charge >= 0.3 is 39.5 Å². The van der Waals surface area contributed by atoms with Crippen LogP contribution in [0.2, 0.25) is 0 Å². The highest BCUT2D eigenvalue weighted by Crippen LogP contribution is 2.45. The zero-order valence-electron chi connectivity index (χ0n) is 58.1. The summed E-state index contributed by atoms with van der Waals surface area (Å²) in [7, 11) is -9.90. The number of phosphoric acid groups is 2. The molecular formula is C70H136O17P2. The Bertz CT molecular complexity index is 1770. The molecule has 0 aliphatic rings. The van der Waals surface area contributed by atoms with E-state index in [1.807, 2.05) is 0 Å². The van der Waals surface area contributed by atoms with E-state index in [-0.39, 0.29) is 25.7 Å². The molecule has 7 atom stereocenters. The molecule has 0 saturated carbocycles. The van der Waals surface area contributed by atoms with Gasteiger partial charge in [-0.3, -0.25) is 37.3 Å². The standard InChI is InChI=1S/C70H136O17P2/c1-9-62(7)48-40-32-23-20-21-25-36-44-52-69(74)86-65(57-81-68(73)51-43-35-29-27-33-41-49-63(8)10-2)58-84-88(76,77)82-54-64(71)55-83-89(78,79)85-59-66(87-70(75)53-45-37-28-26-31-39-47-61(5)6)56-80-67(72)50-42-34-24-19-17-15-13-11-12-14-16-18-22-30-38-46-60(3)4/h60-66,71H,9-59H2,1-8H3,(H,76,77)(H,78,79)/t62?,63?,64-,65+,66+/m0/s1. The second-order valence-corrected chi connectivity index (χ2v) is 29.6. The molecule has 0 spiro atoms. The van der Waals surface area contributed by atoms with Crippen LogP contribution >= 0.6 is 15.6 Å². The summed E-state index contributed by atoms with van der Waals surface area (Å²) in [6.07, 6.45) is 41.9. The third-order valence-electron chi connectivity index (χ3n) is 16.8. The number of hydrogen-bond acceptors (Lipinski definition) is 15. The van der Waals surface area contributed by atoms with Crippen molar-refractivity contribution in [1.82, 2.24) is 0 Å². The van der Waals surface area contributed by atoms with Crippen molar-refractivity contribution in [3.05, 3.63) is 0 Å². The number of phosphoric ester groups is 2. The number of rotatable bonds is 67. The molecule has 0 aromatic rings. The number of esters is 4. The maximum absolute atomic E-state index is 13.0. The maximum atomic E-state index is 13.0. The van der Waals surface area contributed by atoms with E-state index in [4.69, 9.17) is 37.0 Å². The van der Waals surface area contributed by atoms with Crippen LogP contribution in [0.3, 0.4) is 0 Å². The van der Waals surface area contributed by atoms with E-state index in [2.05, 4.69) is 55.4 Å². The molecular weight excluding hydrogens is 1170 g/mol. The van der Waals surface area contributed by atoms with Crippen molar-refractivity contribution in [2.24, 2.45) is 23.7 Å². The number of hydrogen-bond donors (Lipinski definition) is 3. The van der Waals surface area contributed by atoms with Gasteiger partial charge in [-0.05, 0) is 49.4 Å². The molecule has 3 N–H and O–H groups in total. The molecule has 0 fully saturated rings. The van der Waals surface area contributed by atoms with Gasteiger partial charge in [0.1, 0.15) is 19.3 Å². The van der Waals surface area contributed by atoms with Gasteiger partial charge in [0.05, 0.1) is 26.4 Å². The molecule has 0 aromatic heterocycles. The molecule has 0 amide bonds. The number of aliphatic hydroxyl groups is 1. The van der Waals surface area contributed by atoms with Crippen molar-refractivity contribution in [2.45, 2.75) is 363 Å². The Balaban J connectivity index is 5.18. The summed E-state index contributed by atoms with van der Waals surface area (Å²) in [6, 6.07) is 0. The van der Waals surface area contributed by atoms with E-state index >= 15 is 0 Å². The van der Waals surface area contributed by atoms with Crippen LogP contribution < -0.4 is 0 Å². The molecule has 528 valence electrons.